The van der Waals surface area contributed by atoms with Crippen LogP contribution in [-0.2, 0) is 17.9 Å². The molecule has 0 aliphatic carbocycles. The molecular weight excluding hydrogens is 420 g/mol. The predicted octanol–water partition coefficient (Wildman–Crippen LogP) is 4.04. The SMILES string of the molecule is CC1CN(Cc2csc(NC(=O)c3cccc(OCc4cscn4)c3)n2)CC(C)O1. The van der Waals surface area contributed by atoms with Crippen molar-refractivity contribution in [1.82, 2.24) is 14.9 Å². The number of anilines is 1. The fraction of sp³-hybridized carbons (Fsp3) is 0.381. The first-order valence-electron chi connectivity index (χ1n) is 9.78. The number of nitrogens with zero attached hydrogens (tertiary/aromatic N) is 3. The number of rotatable bonds is 7. The third-order valence-corrected chi connectivity index (χ3v) is 6.06. The third-order valence-electron chi connectivity index (χ3n) is 4.62. The summed E-state index contributed by atoms with van der Waals surface area (Å²) in [6.45, 7) is 7.08. The van der Waals surface area contributed by atoms with Crippen molar-refractivity contribution < 1.29 is 14.3 Å². The molecule has 3 aromatic rings. The van der Waals surface area contributed by atoms with Gasteiger partial charge < -0.3 is 9.47 Å². The van der Waals surface area contributed by atoms with Gasteiger partial charge in [0.05, 0.1) is 29.1 Å². The highest BCUT2D eigenvalue weighted by Crippen LogP contribution is 2.21. The Bertz CT molecular complexity index is 966. The van der Waals surface area contributed by atoms with Gasteiger partial charge in [-0.05, 0) is 32.0 Å². The van der Waals surface area contributed by atoms with Crippen molar-refractivity contribution in [2.24, 2.45) is 0 Å². The van der Waals surface area contributed by atoms with Gasteiger partial charge in [0.15, 0.2) is 5.13 Å². The highest BCUT2D eigenvalue weighted by molar-refractivity contribution is 7.14. The molecule has 2 unspecified atom stereocenters. The largest absolute Gasteiger partial charge is 0.487 e. The van der Waals surface area contributed by atoms with E-state index in [-0.39, 0.29) is 18.1 Å². The zero-order valence-corrected chi connectivity index (χ0v) is 18.5. The molecule has 3 heterocycles. The van der Waals surface area contributed by atoms with E-state index in [1.165, 1.54) is 22.7 Å². The normalized spacial score (nSPS) is 19.5. The zero-order valence-electron chi connectivity index (χ0n) is 16.9. The van der Waals surface area contributed by atoms with E-state index < -0.39 is 0 Å². The van der Waals surface area contributed by atoms with E-state index in [4.69, 9.17) is 9.47 Å². The minimum Gasteiger partial charge on any atom is -0.487 e. The molecule has 7 nitrogen and oxygen atoms in total. The van der Waals surface area contributed by atoms with E-state index >= 15 is 0 Å². The number of hydrogen-bond acceptors (Lipinski definition) is 8. The van der Waals surface area contributed by atoms with Crippen molar-refractivity contribution in [2.45, 2.75) is 39.2 Å². The number of thiazole rings is 2. The van der Waals surface area contributed by atoms with E-state index in [1.807, 2.05) is 16.8 Å². The van der Waals surface area contributed by atoms with Crippen LogP contribution in [0.25, 0.3) is 0 Å². The average Bonchev–Trinajstić information content (AvgIpc) is 3.38. The quantitative estimate of drug-likeness (QED) is 0.593. The van der Waals surface area contributed by atoms with Gasteiger partial charge in [0.1, 0.15) is 12.4 Å². The molecule has 1 aliphatic heterocycles. The molecule has 158 valence electrons. The van der Waals surface area contributed by atoms with Gasteiger partial charge in [0.25, 0.3) is 5.91 Å². The summed E-state index contributed by atoms with van der Waals surface area (Å²) < 4.78 is 11.5. The summed E-state index contributed by atoms with van der Waals surface area (Å²) in [4.78, 5) is 23.8. The van der Waals surface area contributed by atoms with Crippen molar-refractivity contribution in [3.05, 3.63) is 57.5 Å². The Balaban J connectivity index is 1.33. The minimum absolute atomic E-state index is 0.205. The Labute approximate surface area is 183 Å². The van der Waals surface area contributed by atoms with Crippen molar-refractivity contribution in [3.63, 3.8) is 0 Å². The van der Waals surface area contributed by atoms with Crippen molar-refractivity contribution in [1.29, 1.82) is 0 Å². The molecule has 1 fully saturated rings. The number of nitrogens with one attached hydrogen (secondary N) is 1. The van der Waals surface area contributed by atoms with E-state index in [2.05, 4.69) is 34.0 Å². The molecule has 1 N–H and O–H groups in total. The van der Waals surface area contributed by atoms with Crippen LogP contribution in [-0.4, -0.2) is 46.1 Å². The second-order valence-electron chi connectivity index (χ2n) is 7.35. The number of morpholine rings is 1. The van der Waals surface area contributed by atoms with Crippen LogP contribution in [0.1, 0.15) is 35.6 Å². The fourth-order valence-electron chi connectivity index (χ4n) is 3.44. The Morgan fingerprint density at radius 2 is 2.10 bits per heavy atom. The van der Waals surface area contributed by atoms with Gasteiger partial charge >= 0.3 is 0 Å². The molecule has 1 aliphatic rings. The Hall–Kier alpha value is -2.33. The summed E-state index contributed by atoms with van der Waals surface area (Å²) in [7, 11) is 0. The summed E-state index contributed by atoms with van der Waals surface area (Å²) in [6.07, 6.45) is 0.438. The summed E-state index contributed by atoms with van der Waals surface area (Å²) in [6, 6.07) is 7.12. The third kappa shape index (κ3) is 5.63. The Morgan fingerprint density at radius 1 is 1.27 bits per heavy atom. The topological polar surface area (TPSA) is 76.6 Å². The average molecular weight is 445 g/mol. The van der Waals surface area contributed by atoms with Gasteiger partial charge in [-0.1, -0.05) is 6.07 Å². The lowest BCUT2D eigenvalue weighted by Crippen LogP contribution is -2.44. The maximum absolute atomic E-state index is 12.6. The zero-order chi connectivity index (χ0) is 20.9. The second kappa shape index (κ2) is 9.65. The van der Waals surface area contributed by atoms with Crippen LogP contribution in [0.2, 0.25) is 0 Å². The molecule has 0 bridgehead atoms. The molecule has 4 rings (SSSR count). The smallest absolute Gasteiger partial charge is 0.257 e. The number of carbonyl (C=O) groups is 1. The van der Waals surface area contributed by atoms with Crippen LogP contribution < -0.4 is 10.1 Å². The monoisotopic (exact) mass is 444 g/mol. The second-order valence-corrected chi connectivity index (χ2v) is 8.92. The lowest BCUT2D eigenvalue weighted by atomic mass is 10.2. The maximum atomic E-state index is 12.6. The van der Waals surface area contributed by atoms with Crippen molar-refractivity contribution in [3.8, 4) is 5.75 Å². The molecule has 1 aromatic carbocycles. The summed E-state index contributed by atoms with van der Waals surface area (Å²) in [5.41, 5.74) is 4.12. The van der Waals surface area contributed by atoms with Gasteiger partial charge in [-0.25, -0.2) is 9.97 Å². The van der Waals surface area contributed by atoms with E-state index in [9.17, 15) is 4.79 Å². The molecule has 0 radical (unpaired) electrons. The number of aromatic nitrogens is 2. The van der Waals surface area contributed by atoms with Crippen molar-refractivity contribution >= 4 is 33.7 Å². The molecule has 1 saturated heterocycles. The molecular formula is C21H24N4O3S2. The van der Waals surface area contributed by atoms with E-state index in [1.54, 1.807) is 23.7 Å². The minimum atomic E-state index is -0.205. The van der Waals surface area contributed by atoms with Crippen LogP contribution in [0.5, 0.6) is 5.75 Å². The van der Waals surface area contributed by atoms with E-state index in [0.717, 1.165) is 31.0 Å². The van der Waals surface area contributed by atoms with Gasteiger partial charge in [-0.3, -0.25) is 15.0 Å². The first-order chi connectivity index (χ1) is 14.5. The number of carbonyl (C=O) groups excluding carboxylic acids is 1. The standard InChI is InChI=1S/C21H24N4O3S2/c1-14-7-25(8-15(2)28-14)9-17-12-30-21(23-17)24-20(26)16-4-3-5-19(6-16)27-10-18-11-29-13-22-18/h3-6,11-15H,7-10H2,1-2H3,(H,23,24,26). The molecule has 2 atom stereocenters. The van der Waals surface area contributed by atoms with E-state index in [0.29, 0.717) is 23.1 Å². The van der Waals surface area contributed by atoms with Gasteiger partial charge in [-0.2, -0.15) is 0 Å². The number of hydrogen-bond donors (Lipinski definition) is 1. The molecule has 0 saturated carbocycles. The Kier molecular flexibility index (Phi) is 6.73. The summed E-state index contributed by atoms with van der Waals surface area (Å²) in [5.74, 6) is 0.426. The molecule has 30 heavy (non-hydrogen) atoms. The van der Waals surface area contributed by atoms with Crippen LogP contribution >= 0.6 is 22.7 Å². The first kappa shape index (κ1) is 20.9. The molecule has 0 spiro atoms. The number of benzene rings is 1. The summed E-state index contributed by atoms with van der Waals surface area (Å²) >= 11 is 2.96. The number of amides is 1. The van der Waals surface area contributed by atoms with Gasteiger partial charge in [-0.15, -0.1) is 22.7 Å². The Morgan fingerprint density at radius 3 is 2.87 bits per heavy atom. The predicted molar refractivity (Wildman–Crippen MR) is 118 cm³/mol. The lowest BCUT2D eigenvalue weighted by molar-refractivity contribution is -0.0707. The summed E-state index contributed by atoms with van der Waals surface area (Å²) in [5, 5.41) is 7.42. The van der Waals surface area contributed by atoms with Crippen LogP contribution in [0, 0.1) is 0 Å². The van der Waals surface area contributed by atoms with Gasteiger partial charge in [0, 0.05) is 36.0 Å². The fourth-order valence-corrected chi connectivity index (χ4v) is 4.68. The van der Waals surface area contributed by atoms with Crippen LogP contribution in [0.3, 0.4) is 0 Å². The highest BCUT2D eigenvalue weighted by Gasteiger charge is 2.23. The number of ether oxygens (including phenoxy) is 2. The maximum Gasteiger partial charge on any atom is 0.257 e. The molecule has 9 heteroatoms. The highest BCUT2D eigenvalue weighted by atomic mass is 32.1. The van der Waals surface area contributed by atoms with Gasteiger partial charge in [0.2, 0.25) is 0 Å². The van der Waals surface area contributed by atoms with Crippen LogP contribution in [0.15, 0.2) is 40.5 Å². The first-order valence-corrected chi connectivity index (χ1v) is 11.6. The molecule has 2 aromatic heterocycles. The molecule has 1 amide bonds. The van der Waals surface area contributed by atoms with Crippen molar-refractivity contribution in [2.75, 3.05) is 18.4 Å². The van der Waals surface area contributed by atoms with Crippen LogP contribution in [0.4, 0.5) is 5.13 Å². The lowest BCUT2D eigenvalue weighted by Gasteiger charge is -2.34.